The van der Waals surface area contributed by atoms with Crippen LogP contribution in [0.2, 0.25) is 5.02 Å². The van der Waals surface area contributed by atoms with Crippen molar-refractivity contribution in [1.82, 2.24) is 5.32 Å². The van der Waals surface area contributed by atoms with Crippen molar-refractivity contribution in [1.29, 1.82) is 0 Å². The molecule has 1 aromatic rings. The Hall–Kier alpha value is -0.730. The topological polar surface area (TPSA) is 21.3 Å². The fraction of sp³-hybridized carbons (Fsp3) is 0.600. The van der Waals surface area contributed by atoms with Gasteiger partial charge in [-0.05, 0) is 63.4 Å². The van der Waals surface area contributed by atoms with Gasteiger partial charge in [-0.2, -0.15) is 0 Å². The van der Waals surface area contributed by atoms with Crippen molar-refractivity contribution in [3.63, 3.8) is 0 Å². The van der Waals surface area contributed by atoms with Gasteiger partial charge in [0.25, 0.3) is 0 Å². The van der Waals surface area contributed by atoms with Gasteiger partial charge in [0.2, 0.25) is 0 Å². The largest absolute Gasteiger partial charge is 0.493 e. The highest BCUT2D eigenvalue weighted by Gasteiger charge is 2.00. The van der Waals surface area contributed by atoms with Crippen LogP contribution in [0.4, 0.5) is 0 Å². The molecule has 0 radical (unpaired) electrons. The SMILES string of the molecule is CCC(C)NCCCCOc1ccc(Cl)cc1C. The molecule has 3 heteroatoms. The molecule has 0 aromatic heterocycles. The standard InChI is InChI=1S/C15H24ClNO/c1-4-13(3)17-9-5-6-10-18-15-8-7-14(16)11-12(15)2/h7-8,11,13,17H,4-6,9-10H2,1-3H3. The number of benzene rings is 1. The Balaban J connectivity index is 2.14. The lowest BCUT2D eigenvalue weighted by atomic mass is 10.2. The van der Waals surface area contributed by atoms with E-state index in [0.29, 0.717) is 6.04 Å². The molecule has 0 spiro atoms. The molecule has 0 aliphatic rings. The lowest BCUT2D eigenvalue weighted by Gasteiger charge is -2.12. The molecule has 0 saturated heterocycles. The minimum Gasteiger partial charge on any atom is -0.493 e. The third-order valence-corrected chi connectivity index (χ3v) is 3.31. The van der Waals surface area contributed by atoms with Crippen molar-refractivity contribution in [2.45, 2.75) is 46.1 Å². The third-order valence-electron chi connectivity index (χ3n) is 3.07. The smallest absolute Gasteiger partial charge is 0.122 e. The summed E-state index contributed by atoms with van der Waals surface area (Å²) in [6.45, 7) is 8.27. The lowest BCUT2D eigenvalue weighted by molar-refractivity contribution is 0.302. The second-order valence-electron chi connectivity index (χ2n) is 4.73. The van der Waals surface area contributed by atoms with Gasteiger partial charge in [0.15, 0.2) is 0 Å². The van der Waals surface area contributed by atoms with E-state index in [2.05, 4.69) is 19.2 Å². The summed E-state index contributed by atoms with van der Waals surface area (Å²) in [5, 5.41) is 4.24. The molecule has 0 amide bonds. The van der Waals surface area contributed by atoms with E-state index < -0.39 is 0 Å². The molecule has 0 saturated carbocycles. The Kier molecular flexibility index (Phi) is 7.14. The first-order valence-corrected chi connectivity index (χ1v) is 7.13. The van der Waals surface area contributed by atoms with Crippen LogP contribution in [0.15, 0.2) is 18.2 Å². The summed E-state index contributed by atoms with van der Waals surface area (Å²) >= 11 is 5.90. The van der Waals surface area contributed by atoms with Crippen LogP contribution in [-0.2, 0) is 0 Å². The van der Waals surface area contributed by atoms with Crippen LogP contribution >= 0.6 is 11.6 Å². The van der Waals surface area contributed by atoms with Crippen LogP contribution in [0.5, 0.6) is 5.75 Å². The zero-order chi connectivity index (χ0) is 13.4. The summed E-state index contributed by atoms with van der Waals surface area (Å²) in [6.07, 6.45) is 3.41. The highest BCUT2D eigenvalue weighted by molar-refractivity contribution is 6.30. The molecular weight excluding hydrogens is 246 g/mol. The van der Waals surface area contributed by atoms with Gasteiger partial charge in [0.05, 0.1) is 6.61 Å². The number of ether oxygens (including phenoxy) is 1. The molecule has 2 nitrogen and oxygen atoms in total. The number of hydrogen-bond donors (Lipinski definition) is 1. The molecule has 1 unspecified atom stereocenters. The lowest BCUT2D eigenvalue weighted by Crippen LogP contribution is -2.26. The van der Waals surface area contributed by atoms with Crippen LogP contribution in [0.25, 0.3) is 0 Å². The predicted molar refractivity (Wildman–Crippen MR) is 78.7 cm³/mol. The van der Waals surface area contributed by atoms with E-state index in [4.69, 9.17) is 16.3 Å². The van der Waals surface area contributed by atoms with E-state index in [1.807, 2.05) is 25.1 Å². The molecular formula is C15H24ClNO. The molecule has 1 atom stereocenters. The average Bonchev–Trinajstić information content (AvgIpc) is 2.35. The molecule has 1 rings (SSSR count). The maximum absolute atomic E-state index is 5.90. The summed E-state index contributed by atoms with van der Waals surface area (Å²) in [5.41, 5.74) is 1.10. The molecule has 0 aliphatic carbocycles. The average molecular weight is 270 g/mol. The predicted octanol–water partition coefficient (Wildman–Crippen LogP) is 4.20. The number of rotatable bonds is 8. The normalized spacial score (nSPS) is 12.4. The van der Waals surface area contributed by atoms with Gasteiger partial charge in [-0.3, -0.25) is 0 Å². The molecule has 0 aliphatic heterocycles. The van der Waals surface area contributed by atoms with Crippen LogP contribution < -0.4 is 10.1 Å². The summed E-state index contributed by atoms with van der Waals surface area (Å²) in [4.78, 5) is 0. The van der Waals surface area contributed by atoms with Gasteiger partial charge in [0, 0.05) is 11.1 Å². The first kappa shape index (κ1) is 15.3. The number of nitrogens with one attached hydrogen (secondary N) is 1. The molecule has 0 heterocycles. The van der Waals surface area contributed by atoms with Gasteiger partial charge in [-0.15, -0.1) is 0 Å². The van der Waals surface area contributed by atoms with Crippen LogP contribution in [0.1, 0.15) is 38.7 Å². The molecule has 102 valence electrons. The Bertz CT molecular complexity index is 354. The van der Waals surface area contributed by atoms with Crippen molar-refractivity contribution in [2.24, 2.45) is 0 Å². The summed E-state index contributed by atoms with van der Waals surface area (Å²) in [7, 11) is 0. The van der Waals surface area contributed by atoms with Crippen LogP contribution in [0.3, 0.4) is 0 Å². The van der Waals surface area contributed by atoms with Gasteiger partial charge in [-0.25, -0.2) is 0 Å². The molecule has 1 N–H and O–H groups in total. The molecule has 0 bridgehead atoms. The van der Waals surface area contributed by atoms with E-state index in [9.17, 15) is 0 Å². The number of hydrogen-bond acceptors (Lipinski definition) is 2. The van der Waals surface area contributed by atoms with Crippen molar-refractivity contribution < 1.29 is 4.74 Å². The second kappa shape index (κ2) is 8.39. The Labute approximate surface area is 116 Å². The number of halogens is 1. The minimum absolute atomic E-state index is 0.615. The van der Waals surface area contributed by atoms with E-state index in [-0.39, 0.29) is 0 Å². The highest BCUT2D eigenvalue weighted by atomic mass is 35.5. The highest BCUT2D eigenvalue weighted by Crippen LogP contribution is 2.21. The Morgan fingerprint density at radius 1 is 1.33 bits per heavy atom. The van der Waals surface area contributed by atoms with Crippen molar-refractivity contribution >= 4 is 11.6 Å². The van der Waals surface area contributed by atoms with Gasteiger partial charge in [0.1, 0.15) is 5.75 Å². The number of aryl methyl sites for hydroxylation is 1. The van der Waals surface area contributed by atoms with E-state index in [1.54, 1.807) is 0 Å². The maximum atomic E-state index is 5.90. The van der Waals surface area contributed by atoms with Gasteiger partial charge < -0.3 is 10.1 Å². The van der Waals surface area contributed by atoms with Crippen molar-refractivity contribution in [3.8, 4) is 5.75 Å². The first-order chi connectivity index (χ1) is 8.63. The van der Waals surface area contributed by atoms with Crippen molar-refractivity contribution in [2.75, 3.05) is 13.2 Å². The second-order valence-corrected chi connectivity index (χ2v) is 5.17. The summed E-state index contributed by atoms with van der Waals surface area (Å²) in [5.74, 6) is 0.939. The Morgan fingerprint density at radius 2 is 2.11 bits per heavy atom. The fourth-order valence-electron chi connectivity index (χ4n) is 1.68. The molecule has 1 aromatic carbocycles. The third kappa shape index (κ3) is 5.74. The number of unbranched alkanes of at least 4 members (excludes halogenated alkanes) is 1. The quantitative estimate of drug-likeness (QED) is 0.715. The van der Waals surface area contributed by atoms with Crippen LogP contribution in [0, 0.1) is 6.92 Å². The first-order valence-electron chi connectivity index (χ1n) is 6.75. The van der Waals surface area contributed by atoms with E-state index in [0.717, 1.165) is 42.3 Å². The summed E-state index contributed by atoms with van der Waals surface area (Å²) in [6, 6.07) is 6.36. The van der Waals surface area contributed by atoms with Crippen molar-refractivity contribution in [3.05, 3.63) is 28.8 Å². The monoisotopic (exact) mass is 269 g/mol. The van der Waals surface area contributed by atoms with Gasteiger partial charge >= 0.3 is 0 Å². The van der Waals surface area contributed by atoms with Gasteiger partial charge in [-0.1, -0.05) is 18.5 Å². The fourth-order valence-corrected chi connectivity index (χ4v) is 1.90. The summed E-state index contributed by atoms with van der Waals surface area (Å²) < 4.78 is 5.74. The maximum Gasteiger partial charge on any atom is 0.122 e. The molecule has 0 fully saturated rings. The Morgan fingerprint density at radius 3 is 2.78 bits per heavy atom. The zero-order valence-corrected chi connectivity index (χ0v) is 12.4. The zero-order valence-electron chi connectivity index (χ0n) is 11.6. The van der Waals surface area contributed by atoms with E-state index in [1.165, 1.54) is 6.42 Å². The van der Waals surface area contributed by atoms with E-state index >= 15 is 0 Å². The molecule has 18 heavy (non-hydrogen) atoms. The van der Waals surface area contributed by atoms with Crippen LogP contribution in [-0.4, -0.2) is 19.2 Å². The minimum atomic E-state index is 0.615.